The van der Waals surface area contributed by atoms with Gasteiger partial charge in [0.25, 0.3) is 5.91 Å². The van der Waals surface area contributed by atoms with Crippen molar-refractivity contribution in [2.45, 2.75) is 62.3 Å². The highest BCUT2D eigenvalue weighted by atomic mass is 33.1. The average molecular weight is 900 g/mol. The third-order valence-electron chi connectivity index (χ3n) is 12.0. The summed E-state index contributed by atoms with van der Waals surface area (Å²) in [5, 5.41) is 47.8. The summed E-state index contributed by atoms with van der Waals surface area (Å²) in [7, 11) is 2.72. The number of hydrogen-bond donors (Lipinski definition) is 7. The fourth-order valence-corrected chi connectivity index (χ4v) is 10.5. The van der Waals surface area contributed by atoms with Crippen LogP contribution in [0, 0.1) is 11.8 Å². The summed E-state index contributed by atoms with van der Waals surface area (Å²) < 4.78 is 24.0. The number of carbonyl (C=O) groups excluding carboxylic acids is 2. The predicted molar refractivity (Wildman–Crippen MR) is 239 cm³/mol. The SMILES string of the molecule is CCc1ccccc1C=CCC(C)C1CNCC2(O)C(Oc3ccc4c(=O)c(-c5ccc(O)cc5)c(C(N)=O)oc4c3)OC(C(=O)O)C(O)C2(C=O)OCSSCC1c1cc[nH]c1. The first kappa shape index (κ1) is 45.6. The van der Waals surface area contributed by atoms with E-state index in [-0.39, 0.29) is 63.6 Å². The molecule has 0 bridgehead atoms. The van der Waals surface area contributed by atoms with Crippen LogP contribution in [0.2, 0.25) is 0 Å². The molecule has 2 aromatic heterocycles. The van der Waals surface area contributed by atoms with Gasteiger partial charge in [-0.25, -0.2) is 4.79 Å². The number of ether oxygens (including phenoxy) is 3. The van der Waals surface area contributed by atoms with E-state index in [9.17, 15) is 39.6 Å². The summed E-state index contributed by atoms with van der Waals surface area (Å²) in [5.41, 5.74) is 3.27. The molecule has 1 amide bonds. The van der Waals surface area contributed by atoms with Gasteiger partial charge < -0.3 is 55.1 Å². The minimum absolute atomic E-state index is 0.00635. The van der Waals surface area contributed by atoms with Gasteiger partial charge >= 0.3 is 5.97 Å². The second kappa shape index (κ2) is 19.6. The number of aliphatic hydroxyl groups excluding tert-OH is 1. The smallest absolute Gasteiger partial charge is 0.335 e. The minimum Gasteiger partial charge on any atom is -0.508 e. The number of carboxylic acid groups (broad SMARTS) is 1. The van der Waals surface area contributed by atoms with Crippen LogP contribution in [0.1, 0.15) is 53.4 Å². The number of nitrogens with two attached hydrogens (primary N) is 1. The molecule has 0 spiro atoms. The first-order valence-corrected chi connectivity index (χ1v) is 22.9. The molecule has 0 saturated carbocycles. The van der Waals surface area contributed by atoms with E-state index in [1.54, 1.807) is 0 Å². The van der Waals surface area contributed by atoms with Crippen molar-refractivity contribution in [2.75, 3.05) is 24.8 Å². The Morgan fingerprint density at radius 2 is 1.87 bits per heavy atom. The number of phenolic OH excluding ortho intramolecular Hbond substituents is 1. The number of aromatic amines is 1. The van der Waals surface area contributed by atoms with Gasteiger partial charge in [-0.3, -0.25) is 14.4 Å². The van der Waals surface area contributed by atoms with Gasteiger partial charge in [-0.2, -0.15) is 0 Å². The van der Waals surface area contributed by atoms with Crippen LogP contribution in [-0.4, -0.2) is 98.1 Å². The number of carboxylic acids is 1. The normalized spacial score (nSPS) is 26.3. The molecule has 8 unspecified atom stereocenters. The Balaban J connectivity index is 1.24. The second-order valence-electron chi connectivity index (χ2n) is 15.7. The maximum atomic E-state index is 13.8. The summed E-state index contributed by atoms with van der Waals surface area (Å²) in [6, 6.07) is 19.7. The number of rotatable bonds is 12. The fraction of sp³-hybridized carbons (Fsp3) is 0.348. The molecule has 2 aliphatic rings. The summed E-state index contributed by atoms with van der Waals surface area (Å²) >= 11 is 0. The van der Waals surface area contributed by atoms with E-state index in [1.165, 1.54) is 69.6 Å². The first-order chi connectivity index (χ1) is 30.3. The lowest BCUT2D eigenvalue weighted by Crippen LogP contribution is -2.80. The Morgan fingerprint density at radius 1 is 1.10 bits per heavy atom. The summed E-state index contributed by atoms with van der Waals surface area (Å²) in [6.07, 6.45) is 3.64. The van der Waals surface area contributed by atoms with E-state index >= 15 is 0 Å². The van der Waals surface area contributed by atoms with Crippen LogP contribution >= 0.6 is 21.6 Å². The zero-order chi connectivity index (χ0) is 44.9. The lowest BCUT2D eigenvalue weighted by atomic mass is 9.73. The Bertz CT molecular complexity index is 2510. The predicted octanol–water partition coefficient (Wildman–Crippen LogP) is 5.47. The molecule has 15 nitrogen and oxygen atoms in total. The highest BCUT2D eigenvalue weighted by molar-refractivity contribution is 8.76. The number of benzene rings is 3. The number of nitrogens with one attached hydrogen (secondary N) is 2. The van der Waals surface area contributed by atoms with Crippen molar-refractivity contribution in [1.82, 2.24) is 10.3 Å². The Hall–Kier alpha value is -5.40. The number of hydrogen-bond acceptors (Lipinski definition) is 14. The van der Waals surface area contributed by atoms with Crippen LogP contribution in [0.25, 0.3) is 28.2 Å². The van der Waals surface area contributed by atoms with Crippen molar-refractivity contribution >= 4 is 56.8 Å². The molecule has 8 atom stereocenters. The molecule has 332 valence electrons. The van der Waals surface area contributed by atoms with Crippen molar-refractivity contribution < 1.29 is 53.4 Å². The van der Waals surface area contributed by atoms with Crippen molar-refractivity contribution in [3.05, 3.63) is 124 Å². The number of fused-ring (bicyclic) bond motifs is 2. The molecule has 4 heterocycles. The van der Waals surface area contributed by atoms with Gasteiger partial charge in [-0.1, -0.05) is 84.0 Å². The molecule has 2 fully saturated rings. The molecular formula is C46H49N3O12S2. The van der Waals surface area contributed by atoms with Gasteiger partial charge in [0.15, 0.2) is 23.6 Å². The number of amides is 1. The molecule has 5 aromatic rings. The average Bonchev–Trinajstić information content (AvgIpc) is 3.81. The summed E-state index contributed by atoms with van der Waals surface area (Å²) in [5.74, 6) is -2.95. The van der Waals surface area contributed by atoms with Crippen molar-refractivity contribution in [3.63, 3.8) is 0 Å². The number of primary amides is 1. The number of carbonyl (C=O) groups is 3. The molecule has 3 aromatic carbocycles. The van der Waals surface area contributed by atoms with Crippen LogP contribution in [0.3, 0.4) is 0 Å². The van der Waals surface area contributed by atoms with Crippen LogP contribution in [0.15, 0.2) is 100 Å². The van der Waals surface area contributed by atoms with E-state index in [1.807, 2.05) is 30.6 Å². The number of allylic oxidation sites excluding steroid dienone is 1. The number of aliphatic hydroxyl groups is 2. The number of β-amino-alcohol motifs (C(OH)–C–C–N with tert-alkyl or cyclic N) is 1. The van der Waals surface area contributed by atoms with Gasteiger partial charge in [0.1, 0.15) is 29.1 Å². The third kappa shape index (κ3) is 9.18. The molecule has 2 saturated heterocycles. The third-order valence-corrected chi connectivity index (χ3v) is 14.0. The molecule has 8 N–H and O–H groups in total. The topological polar surface area (TPSA) is 244 Å². The van der Waals surface area contributed by atoms with Gasteiger partial charge in [0, 0.05) is 30.8 Å². The number of aliphatic carboxylic acids is 1. The van der Waals surface area contributed by atoms with Gasteiger partial charge in [0.05, 0.1) is 10.9 Å². The van der Waals surface area contributed by atoms with Crippen LogP contribution in [-0.2, 0) is 25.5 Å². The molecule has 63 heavy (non-hydrogen) atoms. The van der Waals surface area contributed by atoms with Gasteiger partial charge in [-0.05, 0) is 89.7 Å². The molecule has 2 aliphatic heterocycles. The lowest BCUT2D eigenvalue weighted by molar-refractivity contribution is -0.340. The molecular weight excluding hydrogens is 851 g/mol. The highest BCUT2D eigenvalue weighted by Gasteiger charge is 2.69. The fourth-order valence-electron chi connectivity index (χ4n) is 8.46. The van der Waals surface area contributed by atoms with E-state index < -0.39 is 59.3 Å². The van der Waals surface area contributed by atoms with E-state index in [0.717, 1.165) is 17.5 Å². The monoisotopic (exact) mass is 899 g/mol. The van der Waals surface area contributed by atoms with Gasteiger partial charge in [0.2, 0.25) is 17.5 Å². The number of aldehydes is 1. The van der Waals surface area contributed by atoms with E-state index in [2.05, 4.69) is 48.4 Å². The molecule has 17 heteroatoms. The summed E-state index contributed by atoms with van der Waals surface area (Å²) in [6.45, 7) is 4.09. The minimum atomic E-state index is -2.60. The second-order valence-corrected chi connectivity index (χ2v) is 18.2. The number of aryl methyl sites for hydroxylation is 1. The summed E-state index contributed by atoms with van der Waals surface area (Å²) in [4.78, 5) is 55.6. The number of aromatic hydroxyl groups is 1. The maximum Gasteiger partial charge on any atom is 0.335 e. The van der Waals surface area contributed by atoms with Crippen LogP contribution in [0.4, 0.5) is 0 Å². The number of phenols is 1. The Morgan fingerprint density at radius 3 is 2.57 bits per heavy atom. The molecule has 0 aliphatic carbocycles. The van der Waals surface area contributed by atoms with Crippen molar-refractivity contribution in [1.29, 1.82) is 0 Å². The highest BCUT2D eigenvalue weighted by Crippen LogP contribution is 2.44. The lowest BCUT2D eigenvalue weighted by Gasteiger charge is -2.53. The van der Waals surface area contributed by atoms with E-state index in [4.69, 9.17) is 24.4 Å². The molecule has 0 radical (unpaired) electrons. The maximum absolute atomic E-state index is 13.8. The zero-order valence-electron chi connectivity index (χ0n) is 34.5. The van der Waals surface area contributed by atoms with E-state index in [0.29, 0.717) is 18.7 Å². The standard InChI is InChI=1S/C46H49N3O12S2/c1-3-27-8-4-5-9-28(27)10-6-7-26(2)34-21-49-23-45(57)44(61-40(43(55)56)41(53)46(45,24-50)58-25-63-62-22-35(34)30-17-18-48-20-30)59-32-15-16-33-36(19-32)60-39(42(47)54)37(38(33)52)29-11-13-31(51)14-12-29/h4-6,8-20,24,26,34-35,40-41,44,48-49,51,53,57H,3,7,21-23,25H2,1-2H3,(H2,47,54)(H,55,56). The van der Waals surface area contributed by atoms with Crippen LogP contribution in [0.5, 0.6) is 11.5 Å². The van der Waals surface area contributed by atoms with Gasteiger partial charge in [-0.15, -0.1) is 0 Å². The zero-order valence-corrected chi connectivity index (χ0v) is 36.1. The first-order valence-electron chi connectivity index (χ1n) is 20.4. The number of aromatic nitrogens is 1. The van der Waals surface area contributed by atoms with Crippen molar-refractivity contribution in [2.24, 2.45) is 17.6 Å². The largest absolute Gasteiger partial charge is 0.508 e. The Labute approximate surface area is 370 Å². The quantitative estimate of drug-likeness (QED) is 0.0607. The number of H-pyrrole nitrogens is 1. The Kier molecular flexibility index (Phi) is 14.2. The van der Waals surface area contributed by atoms with Crippen molar-refractivity contribution in [3.8, 4) is 22.6 Å². The molecule has 7 rings (SSSR count). The van der Waals surface area contributed by atoms with Crippen LogP contribution < -0.4 is 21.2 Å².